The number of hydrogen-bond donors (Lipinski definition) is 2. The molecule has 0 amide bonds. The molecule has 2 N–H and O–H groups in total. The van der Waals surface area contributed by atoms with Crippen LogP contribution in [0.15, 0.2) is 24.3 Å². The van der Waals surface area contributed by atoms with E-state index in [9.17, 15) is 10.1 Å². The smallest absolute Gasteiger partial charge is 0.273 e. The maximum atomic E-state index is 10.9. The standard InChI is InChI=1S/C14H20N2O4/c17-7-5-14(6-8-20-11-14)10-15-9-12-3-1-2-4-13(12)16(18)19/h1-4,15,17H,5-11H2. The predicted octanol–water partition coefficient (Wildman–Crippen LogP) is 1.47. The number of nitro benzene ring substituents is 1. The lowest BCUT2D eigenvalue weighted by Crippen LogP contribution is -2.35. The summed E-state index contributed by atoms with van der Waals surface area (Å²) in [5.41, 5.74) is 0.771. The second-order valence-corrected chi connectivity index (χ2v) is 5.27. The van der Waals surface area contributed by atoms with Crippen LogP contribution in [0.4, 0.5) is 5.69 Å². The molecule has 1 unspecified atom stereocenters. The van der Waals surface area contributed by atoms with Gasteiger partial charge in [-0.3, -0.25) is 10.1 Å². The van der Waals surface area contributed by atoms with E-state index in [1.807, 2.05) is 0 Å². The lowest BCUT2D eigenvalue weighted by Gasteiger charge is -2.26. The van der Waals surface area contributed by atoms with E-state index in [0.29, 0.717) is 38.3 Å². The summed E-state index contributed by atoms with van der Waals surface area (Å²) >= 11 is 0. The molecule has 0 radical (unpaired) electrons. The van der Waals surface area contributed by atoms with Crippen LogP contribution in [0.2, 0.25) is 0 Å². The fraction of sp³-hybridized carbons (Fsp3) is 0.571. The number of hydrogen-bond acceptors (Lipinski definition) is 5. The molecule has 1 atom stereocenters. The van der Waals surface area contributed by atoms with Crippen molar-refractivity contribution in [2.45, 2.75) is 19.4 Å². The number of nitro groups is 1. The van der Waals surface area contributed by atoms with E-state index in [2.05, 4.69) is 5.32 Å². The molecular formula is C14H20N2O4. The van der Waals surface area contributed by atoms with Crippen molar-refractivity contribution in [3.63, 3.8) is 0 Å². The molecule has 0 saturated carbocycles. The summed E-state index contributed by atoms with van der Waals surface area (Å²) in [7, 11) is 0. The lowest BCUT2D eigenvalue weighted by atomic mass is 9.84. The Bertz CT molecular complexity index is 458. The van der Waals surface area contributed by atoms with Crippen molar-refractivity contribution in [1.29, 1.82) is 0 Å². The largest absolute Gasteiger partial charge is 0.396 e. The highest BCUT2D eigenvalue weighted by Gasteiger charge is 2.34. The van der Waals surface area contributed by atoms with E-state index in [4.69, 9.17) is 9.84 Å². The zero-order chi connectivity index (χ0) is 14.4. The van der Waals surface area contributed by atoms with Crippen LogP contribution in [0.5, 0.6) is 0 Å². The second-order valence-electron chi connectivity index (χ2n) is 5.27. The highest BCUT2D eigenvalue weighted by molar-refractivity contribution is 5.39. The monoisotopic (exact) mass is 280 g/mol. The van der Waals surface area contributed by atoms with Crippen molar-refractivity contribution < 1.29 is 14.8 Å². The minimum Gasteiger partial charge on any atom is -0.396 e. The van der Waals surface area contributed by atoms with Gasteiger partial charge >= 0.3 is 0 Å². The van der Waals surface area contributed by atoms with Crippen LogP contribution in [0, 0.1) is 15.5 Å². The Morgan fingerprint density at radius 1 is 1.45 bits per heavy atom. The Balaban J connectivity index is 1.94. The van der Waals surface area contributed by atoms with Crippen molar-refractivity contribution in [1.82, 2.24) is 5.32 Å². The van der Waals surface area contributed by atoms with Crippen LogP contribution >= 0.6 is 0 Å². The molecule has 110 valence electrons. The molecule has 1 heterocycles. The molecule has 1 aromatic carbocycles. The van der Waals surface area contributed by atoms with Gasteiger partial charge in [-0.25, -0.2) is 0 Å². The fourth-order valence-corrected chi connectivity index (χ4v) is 2.61. The van der Waals surface area contributed by atoms with Crippen LogP contribution < -0.4 is 5.32 Å². The number of nitrogens with zero attached hydrogens (tertiary/aromatic N) is 1. The summed E-state index contributed by atoms with van der Waals surface area (Å²) in [6.45, 7) is 2.63. The van der Waals surface area contributed by atoms with E-state index in [0.717, 1.165) is 6.42 Å². The van der Waals surface area contributed by atoms with Crippen LogP contribution in [0.1, 0.15) is 18.4 Å². The van der Waals surface area contributed by atoms with Crippen LogP contribution in [0.3, 0.4) is 0 Å². The molecule has 1 fully saturated rings. The first-order chi connectivity index (χ1) is 9.67. The Labute approximate surface area is 117 Å². The minimum atomic E-state index is -0.362. The molecule has 6 nitrogen and oxygen atoms in total. The number of aliphatic hydroxyl groups excluding tert-OH is 1. The van der Waals surface area contributed by atoms with Crippen molar-refractivity contribution >= 4 is 5.69 Å². The van der Waals surface area contributed by atoms with Gasteiger partial charge in [0.1, 0.15) is 0 Å². The number of nitrogens with one attached hydrogen (secondary N) is 1. The predicted molar refractivity (Wildman–Crippen MR) is 74.4 cm³/mol. The van der Waals surface area contributed by atoms with Gasteiger partial charge in [0.25, 0.3) is 5.69 Å². The second kappa shape index (κ2) is 6.78. The molecule has 1 saturated heterocycles. The minimum absolute atomic E-state index is 0.0433. The van der Waals surface area contributed by atoms with E-state index in [-0.39, 0.29) is 22.6 Å². The fourth-order valence-electron chi connectivity index (χ4n) is 2.61. The average Bonchev–Trinajstić information content (AvgIpc) is 2.88. The van der Waals surface area contributed by atoms with E-state index < -0.39 is 0 Å². The molecule has 6 heteroatoms. The van der Waals surface area contributed by atoms with Gasteiger partial charge in [0.2, 0.25) is 0 Å². The molecule has 0 spiro atoms. The lowest BCUT2D eigenvalue weighted by molar-refractivity contribution is -0.385. The van der Waals surface area contributed by atoms with Crippen LogP contribution in [-0.2, 0) is 11.3 Å². The van der Waals surface area contributed by atoms with Crippen molar-refractivity contribution in [3.05, 3.63) is 39.9 Å². The molecule has 1 aliphatic rings. The van der Waals surface area contributed by atoms with E-state index >= 15 is 0 Å². The van der Waals surface area contributed by atoms with Gasteiger partial charge < -0.3 is 15.2 Å². The molecule has 20 heavy (non-hydrogen) atoms. The van der Waals surface area contributed by atoms with Gasteiger partial charge in [-0.1, -0.05) is 18.2 Å². The van der Waals surface area contributed by atoms with Crippen molar-refractivity contribution in [2.75, 3.05) is 26.4 Å². The third kappa shape index (κ3) is 3.53. The Kier molecular flexibility index (Phi) is 5.05. The van der Waals surface area contributed by atoms with Crippen molar-refractivity contribution in [3.8, 4) is 0 Å². The normalized spacial score (nSPS) is 22.1. The number of ether oxygens (including phenoxy) is 1. The molecule has 1 aliphatic heterocycles. The summed E-state index contributed by atoms with van der Waals surface area (Å²) in [6.07, 6.45) is 1.61. The molecule has 2 rings (SSSR count). The number of benzene rings is 1. The van der Waals surface area contributed by atoms with Gasteiger partial charge in [-0.15, -0.1) is 0 Å². The third-order valence-electron chi connectivity index (χ3n) is 3.83. The van der Waals surface area contributed by atoms with Gasteiger partial charge in [-0.2, -0.15) is 0 Å². The maximum absolute atomic E-state index is 10.9. The van der Waals surface area contributed by atoms with E-state index in [1.165, 1.54) is 6.07 Å². The average molecular weight is 280 g/mol. The Hall–Kier alpha value is -1.50. The molecule has 0 aromatic heterocycles. The van der Waals surface area contributed by atoms with Crippen LogP contribution in [-0.4, -0.2) is 36.4 Å². The first kappa shape index (κ1) is 14.9. The summed E-state index contributed by atoms with van der Waals surface area (Å²) in [6, 6.07) is 6.74. The Morgan fingerprint density at radius 2 is 2.25 bits per heavy atom. The highest BCUT2D eigenvalue weighted by atomic mass is 16.6. The molecular weight excluding hydrogens is 260 g/mol. The molecule has 0 bridgehead atoms. The SMILES string of the molecule is O=[N+]([O-])c1ccccc1CNCC1(CCO)CCOC1. The first-order valence-electron chi connectivity index (χ1n) is 6.78. The summed E-state index contributed by atoms with van der Waals surface area (Å²) in [4.78, 5) is 10.6. The quantitative estimate of drug-likeness (QED) is 0.583. The maximum Gasteiger partial charge on any atom is 0.273 e. The summed E-state index contributed by atoms with van der Waals surface area (Å²) in [5.74, 6) is 0. The summed E-state index contributed by atoms with van der Waals surface area (Å²) < 4.78 is 5.42. The highest BCUT2D eigenvalue weighted by Crippen LogP contribution is 2.31. The van der Waals surface area contributed by atoms with Gasteiger partial charge in [-0.05, 0) is 12.8 Å². The van der Waals surface area contributed by atoms with Gasteiger partial charge in [0.15, 0.2) is 0 Å². The number of rotatable bonds is 7. The van der Waals surface area contributed by atoms with Gasteiger partial charge in [0.05, 0.1) is 11.5 Å². The third-order valence-corrected chi connectivity index (χ3v) is 3.83. The summed E-state index contributed by atoms with van der Waals surface area (Å²) in [5, 5.41) is 23.4. The van der Waals surface area contributed by atoms with Crippen molar-refractivity contribution in [2.24, 2.45) is 5.41 Å². The Morgan fingerprint density at radius 3 is 2.90 bits per heavy atom. The van der Waals surface area contributed by atoms with Crippen LogP contribution in [0.25, 0.3) is 0 Å². The topological polar surface area (TPSA) is 84.6 Å². The zero-order valence-corrected chi connectivity index (χ0v) is 11.4. The zero-order valence-electron chi connectivity index (χ0n) is 11.4. The number of para-hydroxylation sites is 1. The molecule has 1 aromatic rings. The first-order valence-corrected chi connectivity index (χ1v) is 6.78. The van der Waals surface area contributed by atoms with Gasteiger partial charge in [0, 0.05) is 43.3 Å². The number of aliphatic hydroxyl groups is 1. The van der Waals surface area contributed by atoms with E-state index in [1.54, 1.807) is 18.2 Å². The molecule has 0 aliphatic carbocycles.